The van der Waals surface area contributed by atoms with Crippen molar-refractivity contribution in [2.75, 3.05) is 11.3 Å². The molecule has 0 spiro atoms. The molecular weight excluding hydrogens is 511 g/mol. The number of hydrogen-bond donors (Lipinski definition) is 0. The molecule has 0 heterocycles. The van der Waals surface area contributed by atoms with Crippen molar-refractivity contribution in [2.24, 2.45) is 0 Å². The Hall–Kier alpha value is -2.96. The van der Waals surface area contributed by atoms with E-state index in [1.807, 2.05) is 6.07 Å². The van der Waals surface area contributed by atoms with E-state index >= 15 is 0 Å². The molecule has 0 saturated carbocycles. The summed E-state index contributed by atoms with van der Waals surface area (Å²) < 4.78 is 29.3. The number of anilines is 1. The van der Waals surface area contributed by atoms with E-state index < -0.39 is 15.7 Å². The van der Waals surface area contributed by atoms with E-state index in [2.05, 4.69) is 0 Å². The number of hydroxylamine groups is 1. The van der Waals surface area contributed by atoms with E-state index in [-0.39, 0.29) is 37.9 Å². The lowest BCUT2D eigenvalue weighted by molar-refractivity contribution is -0.120. The van der Waals surface area contributed by atoms with Gasteiger partial charge in [-0.15, -0.1) is 5.06 Å². The SMILES string of the molecule is CC(=O)N(Oc1ccc(Cl)c(Oc2cc(Cl)cc(C#N)c2)c1)c1ccc(S(C)(=O)=O)cc1Cl. The second kappa shape index (κ2) is 9.89. The highest BCUT2D eigenvalue weighted by Crippen LogP contribution is 2.36. The maximum absolute atomic E-state index is 12.3. The van der Waals surface area contributed by atoms with Crippen LogP contribution < -0.4 is 14.6 Å². The van der Waals surface area contributed by atoms with Crippen LogP contribution in [0.25, 0.3) is 0 Å². The van der Waals surface area contributed by atoms with Gasteiger partial charge >= 0.3 is 0 Å². The van der Waals surface area contributed by atoms with Crippen molar-refractivity contribution < 1.29 is 22.8 Å². The van der Waals surface area contributed by atoms with Gasteiger partial charge in [-0.2, -0.15) is 5.26 Å². The summed E-state index contributed by atoms with van der Waals surface area (Å²) in [5.74, 6) is 0.119. The third kappa shape index (κ3) is 6.09. The zero-order valence-corrected chi connectivity index (χ0v) is 20.3. The molecule has 7 nitrogen and oxygen atoms in total. The first-order valence-corrected chi connectivity index (χ1v) is 12.2. The van der Waals surface area contributed by atoms with Gasteiger partial charge in [0.05, 0.1) is 26.6 Å². The number of nitriles is 1. The zero-order chi connectivity index (χ0) is 24.3. The average Bonchev–Trinajstić information content (AvgIpc) is 2.73. The molecule has 11 heteroatoms. The summed E-state index contributed by atoms with van der Waals surface area (Å²) in [6.45, 7) is 1.25. The number of rotatable bonds is 6. The van der Waals surface area contributed by atoms with Gasteiger partial charge in [0.15, 0.2) is 15.6 Å². The topological polar surface area (TPSA) is 96.7 Å². The summed E-state index contributed by atoms with van der Waals surface area (Å²) in [4.78, 5) is 18.0. The molecule has 0 atom stereocenters. The monoisotopic (exact) mass is 524 g/mol. The van der Waals surface area contributed by atoms with Crippen LogP contribution in [0.2, 0.25) is 15.1 Å². The molecule has 0 aliphatic rings. The van der Waals surface area contributed by atoms with Crippen LogP contribution in [0.3, 0.4) is 0 Å². The van der Waals surface area contributed by atoms with E-state index in [0.717, 1.165) is 11.3 Å². The molecule has 170 valence electrons. The van der Waals surface area contributed by atoms with Crippen LogP contribution in [0.5, 0.6) is 17.2 Å². The van der Waals surface area contributed by atoms with Crippen LogP contribution in [0, 0.1) is 11.3 Å². The molecule has 3 aromatic rings. The van der Waals surface area contributed by atoms with Crippen molar-refractivity contribution in [3.8, 4) is 23.3 Å². The summed E-state index contributed by atoms with van der Waals surface area (Å²) in [5.41, 5.74) is 0.443. The predicted octanol–water partition coefficient (Wildman–Crippen LogP) is 6.06. The minimum absolute atomic E-state index is 0.000177. The van der Waals surface area contributed by atoms with Crippen LogP contribution in [0.15, 0.2) is 59.5 Å². The normalized spacial score (nSPS) is 10.9. The quantitative estimate of drug-likeness (QED) is 0.363. The number of amides is 1. The van der Waals surface area contributed by atoms with Crippen molar-refractivity contribution in [3.63, 3.8) is 0 Å². The highest BCUT2D eigenvalue weighted by Gasteiger charge is 2.20. The average molecular weight is 526 g/mol. The minimum atomic E-state index is -3.48. The van der Waals surface area contributed by atoms with Gasteiger partial charge in [-0.25, -0.2) is 8.42 Å². The Balaban J connectivity index is 1.93. The molecule has 0 bridgehead atoms. The molecule has 0 N–H and O–H groups in total. The first-order chi connectivity index (χ1) is 15.5. The number of hydrogen-bond acceptors (Lipinski definition) is 6. The fourth-order valence-corrected chi connectivity index (χ4v) is 4.05. The van der Waals surface area contributed by atoms with Gasteiger partial charge in [0.2, 0.25) is 0 Å². The van der Waals surface area contributed by atoms with Gasteiger partial charge in [0.25, 0.3) is 5.91 Å². The van der Waals surface area contributed by atoms with Crippen molar-refractivity contribution in [1.82, 2.24) is 0 Å². The Morgan fingerprint density at radius 2 is 1.70 bits per heavy atom. The highest BCUT2D eigenvalue weighted by molar-refractivity contribution is 7.90. The highest BCUT2D eigenvalue weighted by atomic mass is 35.5. The molecule has 0 aliphatic heterocycles. The van der Waals surface area contributed by atoms with Gasteiger partial charge in [-0.3, -0.25) is 4.79 Å². The number of nitrogens with zero attached hydrogens (tertiary/aromatic N) is 2. The van der Waals surface area contributed by atoms with E-state index in [9.17, 15) is 13.2 Å². The Labute approximate surface area is 205 Å². The van der Waals surface area contributed by atoms with Crippen LogP contribution >= 0.6 is 34.8 Å². The summed E-state index contributed by atoms with van der Waals surface area (Å²) in [6.07, 6.45) is 1.05. The van der Waals surface area contributed by atoms with E-state index in [4.69, 9.17) is 49.6 Å². The molecule has 0 radical (unpaired) electrons. The summed E-state index contributed by atoms with van der Waals surface area (Å²) in [5, 5.41) is 10.6. The molecule has 3 rings (SSSR count). The Kier molecular flexibility index (Phi) is 7.40. The van der Waals surface area contributed by atoms with Crippen LogP contribution in [0.1, 0.15) is 12.5 Å². The fraction of sp³-hybridized carbons (Fsp3) is 0.0909. The van der Waals surface area contributed by atoms with Gasteiger partial charge in [0.1, 0.15) is 17.2 Å². The minimum Gasteiger partial charge on any atom is -0.456 e. The van der Waals surface area contributed by atoms with Crippen molar-refractivity contribution in [1.29, 1.82) is 5.26 Å². The maximum atomic E-state index is 12.3. The third-order valence-corrected chi connectivity index (χ3v) is 6.12. The molecular formula is C22H15Cl3N2O5S. The van der Waals surface area contributed by atoms with E-state index in [1.54, 1.807) is 0 Å². The largest absolute Gasteiger partial charge is 0.456 e. The number of benzene rings is 3. The molecule has 0 aliphatic carbocycles. The third-order valence-electron chi connectivity index (χ3n) is 4.18. The molecule has 0 unspecified atom stereocenters. The Morgan fingerprint density at radius 1 is 0.970 bits per heavy atom. The number of halogens is 3. The standard InChI is InChI=1S/C22H15Cl3N2O5S/c1-13(28)27(21-6-4-18(11-20(21)25)33(2,29)30)32-16-3-5-19(24)22(10-16)31-17-8-14(12-26)7-15(23)9-17/h3-11H,1-2H3. The maximum Gasteiger partial charge on any atom is 0.256 e. The molecule has 3 aromatic carbocycles. The van der Waals surface area contributed by atoms with Gasteiger partial charge in [-0.05, 0) is 48.5 Å². The smallest absolute Gasteiger partial charge is 0.256 e. The molecule has 0 aromatic heterocycles. The summed E-state index contributed by atoms with van der Waals surface area (Å²) in [7, 11) is -3.48. The second-order valence-corrected chi connectivity index (χ2v) is 10.0. The van der Waals surface area contributed by atoms with Crippen LogP contribution in [-0.4, -0.2) is 20.6 Å². The fourth-order valence-electron chi connectivity index (χ4n) is 2.70. The lowest BCUT2D eigenvalue weighted by Crippen LogP contribution is -2.32. The van der Waals surface area contributed by atoms with Crippen molar-refractivity contribution >= 4 is 56.2 Å². The Bertz CT molecular complexity index is 1390. The lowest BCUT2D eigenvalue weighted by atomic mass is 10.2. The molecule has 33 heavy (non-hydrogen) atoms. The zero-order valence-electron chi connectivity index (χ0n) is 17.2. The summed E-state index contributed by atoms with van der Waals surface area (Å²) in [6, 6.07) is 14.8. The van der Waals surface area contributed by atoms with Crippen molar-refractivity contribution in [3.05, 3.63) is 75.2 Å². The van der Waals surface area contributed by atoms with Crippen LogP contribution in [-0.2, 0) is 14.6 Å². The number of carbonyl (C=O) groups excluding carboxylic acids is 1. The van der Waals surface area contributed by atoms with Gasteiger partial charge in [-0.1, -0.05) is 34.8 Å². The first kappa shape index (κ1) is 24.7. The number of ether oxygens (including phenoxy) is 1. The molecule has 0 saturated heterocycles. The van der Waals surface area contributed by atoms with Gasteiger partial charge in [0, 0.05) is 24.3 Å². The molecule has 0 fully saturated rings. The predicted molar refractivity (Wildman–Crippen MR) is 126 cm³/mol. The van der Waals surface area contributed by atoms with Crippen molar-refractivity contribution in [2.45, 2.75) is 11.8 Å². The number of sulfone groups is 1. The summed E-state index contributed by atoms with van der Waals surface area (Å²) >= 11 is 18.5. The lowest BCUT2D eigenvalue weighted by Gasteiger charge is -2.22. The molecule has 1 amide bonds. The Morgan fingerprint density at radius 3 is 2.30 bits per heavy atom. The first-order valence-electron chi connectivity index (χ1n) is 9.14. The van der Waals surface area contributed by atoms with E-state index in [0.29, 0.717) is 10.6 Å². The van der Waals surface area contributed by atoms with Crippen LogP contribution in [0.4, 0.5) is 5.69 Å². The second-order valence-electron chi connectivity index (χ2n) is 6.77. The van der Waals surface area contributed by atoms with Gasteiger partial charge < -0.3 is 9.57 Å². The van der Waals surface area contributed by atoms with E-state index in [1.165, 1.54) is 61.5 Å². The number of carbonyl (C=O) groups is 1.